The monoisotopic (exact) mass is 259 g/mol. The topological polar surface area (TPSA) is 57.6 Å². The van der Waals surface area contributed by atoms with Crippen molar-refractivity contribution in [2.45, 2.75) is 32.6 Å². The fourth-order valence-electron chi connectivity index (χ4n) is 2.52. The standard InChI is InChI=1S/C12H21NO3S/c1-3-5-12(11(15)16)6-4-7-13(9-12)10(14)8-17-2/h3-9H2,1-2H3,(H,15,16). The number of carboxylic acids is 1. The lowest BCUT2D eigenvalue weighted by Crippen LogP contribution is -2.50. The Balaban J connectivity index is 2.74. The molecular weight excluding hydrogens is 238 g/mol. The van der Waals surface area contributed by atoms with Gasteiger partial charge in [-0.15, -0.1) is 0 Å². The summed E-state index contributed by atoms with van der Waals surface area (Å²) in [5.41, 5.74) is -0.707. The Bertz CT molecular complexity index is 291. The maximum Gasteiger partial charge on any atom is 0.311 e. The van der Waals surface area contributed by atoms with Crippen LogP contribution in [0.4, 0.5) is 0 Å². The zero-order valence-corrected chi connectivity index (χ0v) is 11.4. The van der Waals surface area contributed by atoms with E-state index in [9.17, 15) is 14.7 Å². The van der Waals surface area contributed by atoms with E-state index in [1.165, 1.54) is 11.8 Å². The van der Waals surface area contributed by atoms with Crippen LogP contribution in [0, 0.1) is 5.41 Å². The molecule has 1 aliphatic heterocycles. The van der Waals surface area contributed by atoms with E-state index in [2.05, 4.69) is 0 Å². The number of thioether (sulfide) groups is 1. The predicted molar refractivity (Wildman–Crippen MR) is 69.2 cm³/mol. The van der Waals surface area contributed by atoms with Gasteiger partial charge >= 0.3 is 5.97 Å². The molecule has 1 N–H and O–H groups in total. The van der Waals surface area contributed by atoms with Crippen LogP contribution in [0.25, 0.3) is 0 Å². The van der Waals surface area contributed by atoms with Gasteiger partial charge in [-0.25, -0.2) is 0 Å². The molecule has 0 aromatic heterocycles. The molecule has 0 bridgehead atoms. The lowest BCUT2D eigenvalue weighted by molar-refractivity contribution is -0.155. The van der Waals surface area contributed by atoms with Gasteiger partial charge in [0.2, 0.25) is 5.91 Å². The number of piperidine rings is 1. The molecule has 0 spiro atoms. The largest absolute Gasteiger partial charge is 0.481 e. The number of hydrogen-bond acceptors (Lipinski definition) is 3. The first-order valence-electron chi connectivity index (χ1n) is 6.06. The predicted octanol–water partition coefficient (Wildman–Crippen LogP) is 1.84. The molecule has 5 heteroatoms. The van der Waals surface area contributed by atoms with Gasteiger partial charge in [0.25, 0.3) is 0 Å². The van der Waals surface area contributed by atoms with E-state index in [1.54, 1.807) is 4.90 Å². The Labute approximate surface area is 107 Å². The summed E-state index contributed by atoms with van der Waals surface area (Å²) in [6, 6.07) is 0. The summed E-state index contributed by atoms with van der Waals surface area (Å²) in [4.78, 5) is 25.0. The lowest BCUT2D eigenvalue weighted by Gasteiger charge is -2.39. The Morgan fingerprint density at radius 1 is 1.47 bits per heavy atom. The molecule has 0 aromatic carbocycles. The fraction of sp³-hybridized carbons (Fsp3) is 0.833. The van der Waals surface area contributed by atoms with Gasteiger partial charge in [0, 0.05) is 13.1 Å². The molecule has 1 aliphatic rings. The molecule has 17 heavy (non-hydrogen) atoms. The van der Waals surface area contributed by atoms with Crippen LogP contribution in [0.2, 0.25) is 0 Å². The summed E-state index contributed by atoms with van der Waals surface area (Å²) in [6.45, 7) is 3.08. The van der Waals surface area contributed by atoms with Crippen molar-refractivity contribution in [1.82, 2.24) is 4.90 Å². The maximum atomic E-state index is 11.8. The minimum absolute atomic E-state index is 0.0685. The average Bonchev–Trinajstić information content (AvgIpc) is 2.30. The van der Waals surface area contributed by atoms with Crippen LogP contribution >= 0.6 is 11.8 Å². The Morgan fingerprint density at radius 3 is 2.71 bits per heavy atom. The van der Waals surface area contributed by atoms with Crippen molar-refractivity contribution < 1.29 is 14.7 Å². The zero-order valence-electron chi connectivity index (χ0n) is 10.6. The summed E-state index contributed by atoms with van der Waals surface area (Å²) >= 11 is 1.49. The third kappa shape index (κ3) is 3.37. The number of aliphatic carboxylic acids is 1. The van der Waals surface area contributed by atoms with E-state index in [1.807, 2.05) is 13.2 Å². The number of likely N-dealkylation sites (tertiary alicyclic amines) is 1. The van der Waals surface area contributed by atoms with Crippen molar-refractivity contribution in [1.29, 1.82) is 0 Å². The SMILES string of the molecule is CCCC1(C(=O)O)CCCN(C(=O)CSC)C1. The van der Waals surface area contributed by atoms with Gasteiger partial charge in [0.1, 0.15) is 0 Å². The molecule has 0 aromatic rings. The fourth-order valence-corrected chi connectivity index (χ4v) is 2.95. The number of hydrogen-bond donors (Lipinski definition) is 1. The third-order valence-electron chi connectivity index (χ3n) is 3.38. The van der Waals surface area contributed by atoms with Gasteiger partial charge < -0.3 is 10.0 Å². The van der Waals surface area contributed by atoms with Crippen LogP contribution in [0.15, 0.2) is 0 Å². The molecule has 1 atom stereocenters. The molecule has 1 fully saturated rings. The molecule has 0 radical (unpaired) electrons. The summed E-state index contributed by atoms with van der Waals surface area (Å²) in [5, 5.41) is 9.41. The summed E-state index contributed by atoms with van der Waals surface area (Å²) in [5.74, 6) is -0.234. The zero-order chi connectivity index (χ0) is 12.9. The van der Waals surface area contributed by atoms with Crippen LogP contribution in [0.1, 0.15) is 32.6 Å². The van der Waals surface area contributed by atoms with Gasteiger partial charge in [-0.05, 0) is 25.5 Å². The highest BCUT2D eigenvalue weighted by molar-refractivity contribution is 7.99. The van der Waals surface area contributed by atoms with Crippen molar-refractivity contribution in [3.8, 4) is 0 Å². The van der Waals surface area contributed by atoms with E-state index < -0.39 is 11.4 Å². The second-order valence-electron chi connectivity index (χ2n) is 4.69. The minimum atomic E-state index is -0.749. The van der Waals surface area contributed by atoms with E-state index in [4.69, 9.17) is 0 Å². The van der Waals surface area contributed by atoms with Gasteiger partial charge in [-0.1, -0.05) is 13.3 Å². The average molecular weight is 259 g/mol. The molecule has 1 saturated heterocycles. The van der Waals surface area contributed by atoms with Gasteiger partial charge in [-0.2, -0.15) is 11.8 Å². The molecule has 98 valence electrons. The maximum absolute atomic E-state index is 11.8. The Morgan fingerprint density at radius 2 is 2.18 bits per heavy atom. The van der Waals surface area contributed by atoms with Gasteiger partial charge in [0.15, 0.2) is 0 Å². The first-order valence-corrected chi connectivity index (χ1v) is 7.45. The number of rotatable bonds is 5. The third-order valence-corrected chi connectivity index (χ3v) is 3.92. The smallest absolute Gasteiger partial charge is 0.311 e. The second kappa shape index (κ2) is 6.28. The van der Waals surface area contributed by atoms with Crippen LogP contribution in [-0.4, -0.2) is 47.0 Å². The van der Waals surface area contributed by atoms with E-state index in [-0.39, 0.29) is 5.91 Å². The normalized spacial score (nSPS) is 24.7. The van der Waals surface area contributed by atoms with Crippen molar-refractivity contribution >= 4 is 23.6 Å². The molecule has 1 heterocycles. The van der Waals surface area contributed by atoms with Crippen molar-refractivity contribution in [3.63, 3.8) is 0 Å². The first kappa shape index (κ1) is 14.4. The number of carboxylic acid groups (broad SMARTS) is 1. The number of carbonyl (C=O) groups excluding carboxylic acids is 1. The van der Waals surface area contributed by atoms with Crippen molar-refractivity contribution in [2.75, 3.05) is 25.1 Å². The molecule has 1 amide bonds. The first-order chi connectivity index (χ1) is 8.05. The van der Waals surface area contributed by atoms with Crippen LogP contribution in [0.3, 0.4) is 0 Å². The highest BCUT2D eigenvalue weighted by Crippen LogP contribution is 2.35. The van der Waals surface area contributed by atoms with Crippen LogP contribution in [-0.2, 0) is 9.59 Å². The number of carbonyl (C=O) groups is 2. The molecule has 0 aliphatic carbocycles. The van der Waals surface area contributed by atoms with Gasteiger partial charge in [-0.3, -0.25) is 9.59 Å². The van der Waals surface area contributed by atoms with Crippen LogP contribution < -0.4 is 0 Å². The summed E-state index contributed by atoms with van der Waals surface area (Å²) in [6.07, 6.45) is 4.88. The highest BCUT2D eigenvalue weighted by atomic mass is 32.2. The van der Waals surface area contributed by atoms with E-state index >= 15 is 0 Å². The second-order valence-corrected chi connectivity index (χ2v) is 5.55. The minimum Gasteiger partial charge on any atom is -0.481 e. The van der Waals surface area contributed by atoms with E-state index in [0.717, 1.165) is 12.8 Å². The van der Waals surface area contributed by atoms with E-state index in [0.29, 0.717) is 31.7 Å². The summed E-state index contributed by atoms with van der Waals surface area (Å²) < 4.78 is 0. The molecule has 1 unspecified atom stereocenters. The van der Waals surface area contributed by atoms with Crippen LogP contribution in [0.5, 0.6) is 0 Å². The summed E-state index contributed by atoms with van der Waals surface area (Å²) in [7, 11) is 0. The quantitative estimate of drug-likeness (QED) is 0.818. The molecule has 4 nitrogen and oxygen atoms in total. The number of amides is 1. The Kier molecular flexibility index (Phi) is 5.31. The number of nitrogens with zero attached hydrogens (tertiary/aromatic N) is 1. The molecular formula is C12H21NO3S. The highest BCUT2D eigenvalue weighted by Gasteiger charge is 2.42. The van der Waals surface area contributed by atoms with Crippen molar-refractivity contribution in [2.24, 2.45) is 5.41 Å². The van der Waals surface area contributed by atoms with Gasteiger partial charge in [0.05, 0.1) is 11.2 Å². The Hall–Kier alpha value is -0.710. The van der Waals surface area contributed by atoms with Crippen molar-refractivity contribution in [3.05, 3.63) is 0 Å². The lowest BCUT2D eigenvalue weighted by atomic mass is 9.76. The molecule has 0 saturated carbocycles. The molecule has 1 rings (SSSR count).